The van der Waals surface area contributed by atoms with Crippen molar-refractivity contribution in [2.24, 2.45) is 5.92 Å². The van der Waals surface area contributed by atoms with Crippen molar-refractivity contribution in [2.45, 2.75) is 31.6 Å². The van der Waals surface area contributed by atoms with E-state index in [1.54, 1.807) is 12.1 Å². The zero-order chi connectivity index (χ0) is 11.6. The second kappa shape index (κ2) is 4.54. The minimum atomic E-state index is -0.144. The Hall–Kier alpha value is -0.890. The Morgan fingerprint density at radius 2 is 1.94 bits per heavy atom. The Balaban J connectivity index is 2.17. The molecule has 1 fully saturated rings. The molecule has 88 valence electrons. The molecule has 1 N–H and O–H groups in total. The summed E-state index contributed by atoms with van der Waals surface area (Å²) < 4.78 is 12.9. The lowest BCUT2D eigenvalue weighted by atomic mass is 9.58. The van der Waals surface area contributed by atoms with Crippen molar-refractivity contribution in [3.05, 3.63) is 35.6 Å². The molecule has 16 heavy (non-hydrogen) atoms. The quantitative estimate of drug-likeness (QED) is 0.823. The molecule has 1 aliphatic rings. The number of halogens is 1. The van der Waals surface area contributed by atoms with Crippen LogP contribution in [-0.4, -0.2) is 13.6 Å². The zero-order valence-corrected chi connectivity index (χ0v) is 10.1. The molecule has 0 spiro atoms. The minimum Gasteiger partial charge on any atom is -0.319 e. The summed E-state index contributed by atoms with van der Waals surface area (Å²) in [6, 6.07) is 7.04. The summed E-state index contributed by atoms with van der Waals surface area (Å²) >= 11 is 0. The molecule has 1 saturated carbocycles. The smallest absolute Gasteiger partial charge is 0.123 e. The molecule has 0 unspecified atom stereocenters. The third-order valence-electron chi connectivity index (χ3n) is 3.91. The average molecular weight is 221 g/mol. The predicted molar refractivity (Wildman–Crippen MR) is 65.0 cm³/mol. The van der Waals surface area contributed by atoms with Gasteiger partial charge < -0.3 is 5.32 Å². The molecule has 0 radical (unpaired) electrons. The maximum Gasteiger partial charge on any atom is 0.123 e. The molecule has 0 saturated heterocycles. The van der Waals surface area contributed by atoms with Gasteiger partial charge >= 0.3 is 0 Å². The van der Waals surface area contributed by atoms with Crippen LogP contribution in [0.5, 0.6) is 0 Å². The fourth-order valence-corrected chi connectivity index (χ4v) is 2.96. The summed E-state index contributed by atoms with van der Waals surface area (Å²) in [4.78, 5) is 0. The van der Waals surface area contributed by atoms with Gasteiger partial charge in [0.15, 0.2) is 0 Å². The van der Waals surface area contributed by atoms with Gasteiger partial charge in [-0.3, -0.25) is 0 Å². The zero-order valence-electron chi connectivity index (χ0n) is 10.1. The fraction of sp³-hybridized carbons (Fsp3) is 0.571. The first-order valence-electron chi connectivity index (χ1n) is 6.11. The monoisotopic (exact) mass is 221 g/mol. The van der Waals surface area contributed by atoms with E-state index in [4.69, 9.17) is 0 Å². The van der Waals surface area contributed by atoms with Crippen molar-refractivity contribution in [1.29, 1.82) is 0 Å². The predicted octanol–water partition coefficient (Wildman–Crippen LogP) is 3.10. The SMILES string of the molecule is CCC1CC(CNC)(c2ccc(F)cc2)C1. The van der Waals surface area contributed by atoms with E-state index < -0.39 is 0 Å². The van der Waals surface area contributed by atoms with Crippen LogP contribution in [0.1, 0.15) is 31.7 Å². The molecule has 1 aromatic rings. The molecule has 0 bridgehead atoms. The normalized spacial score (nSPS) is 28.8. The lowest BCUT2D eigenvalue weighted by Gasteiger charge is -2.48. The maximum absolute atomic E-state index is 12.9. The van der Waals surface area contributed by atoms with Gasteiger partial charge in [0.25, 0.3) is 0 Å². The number of benzene rings is 1. The summed E-state index contributed by atoms with van der Waals surface area (Å²) in [6.45, 7) is 3.24. The second-order valence-corrected chi connectivity index (χ2v) is 5.00. The lowest BCUT2D eigenvalue weighted by Crippen LogP contribution is -2.47. The standard InChI is InChI=1S/C14H20FN/c1-3-11-8-14(9-11,10-16-2)12-4-6-13(15)7-5-12/h4-7,11,16H,3,8-10H2,1-2H3. The molecule has 2 rings (SSSR count). The van der Waals surface area contributed by atoms with Crippen LogP contribution in [0.25, 0.3) is 0 Å². The van der Waals surface area contributed by atoms with Crippen LogP contribution in [-0.2, 0) is 5.41 Å². The van der Waals surface area contributed by atoms with E-state index in [1.807, 2.05) is 19.2 Å². The number of hydrogen-bond acceptors (Lipinski definition) is 1. The Morgan fingerprint density at radius 1 is 1.31 bits per heavy atom. The van der Waals surface area contributed by atoms with Gasteiger partial charge in [-0.2, -0.15) is 0 Å². The van der Waals surface area contributed by atoms with Gasteiger partial charge in [0, 0.05) is 12.0 Å². The van der Waals surface area contributed by atoms with Crippen molar-refractivity contribution in [3.63, 3.8) is 0 Å². The van der Waals surface area contributed by atoms with E-state index in [0.717, 1.165) is 12.5 Å². The van der Waals surface area contributed by atoms with Crippen LogP contribution in [0.4, 0.5) is 4.39 Å². The summed E-state index contributed by atoms with van der Waals surface area (Å²) in [7, 11) is 1.99. The topological polar surface area (TPSA) is 12.0 Å². The largest absolute Gasteiger partial charge is 0.319 e. The molecule has 0 aromatic heterocycles. The van der Waals surface area contributed by atoms with E-state index >= 15 is 0 Å². The minimum absolute atomic E-state index is 0.144. The van der Waals surface area contributed by atoms with Crippen LogP contribution < -0.4 is 5.32 Å². The lowest BCUT2D eigenvalue weighted by molar-refractivity contribution is 0.136. The Labute approximate surface area is 97.1 Å². The van der Waals surface area contributed by atoms with Crippen molar-refractivity contribution >= 4 is 0 Å². The van der Waals surface area contributed by atoms with Crippen LogP contribution in [0, 0.1) is 11.7 Å². The van der Waals surface area contributed by atoms with E-state index in [0.29, 0.717) is 0 Å². The highest BCUT2D eigenvalue weighted by atomic mass is 19.1. The molecule has 1 aromatic carbocycles. The molecule has 1 aliphatic carbocycles. The fourth-order valence-electron chi connectivity index (χ4n) is 2.96. The molecule has 2 heteroatoms. The molecule has 0 amide bonds. The highest BCUT2D eigenvalue weighted by Crippen LogP contribution is 2.48. The van der Waals surface area contributed by atoms with Crippen LogP contribution in [0.2, 0.25) is 0 Å². The summed E-state index contributed by atoms with van der Waals surface area (Å²) in [6.07, 6.45) is 3.72. The van der Waals surface area contributed by atoms with Gasteiger partial charge in [-0.15, -0.1) is 0 Å². The first-order valence-corrected chi connectivity index (χ1v) is 6.11. The summed E-state index contributed by atoms with van der Waals surface area (Å²) in [5, 5.41) is 3.27. The molecular formula is C14H20FN. The molecular weight excluding hydrogens is 201 g/mol. The third kappa shape index (κ3) is 1.99. The maximum atomic E-state index is 12.9. The third-order valence-corrected chi connectivity index (χ3v) is 3.91. The first kappa shape index (κ1) is 11.6. The number of hydrogen-bond donors (Lipinski definition) is 1. The van der Waals surface area contributed by atoms with Gasteiger partial charge in [-0.25, -0.2) is 4.39 Å². The van der Waals surface area contributed by atoms with E-state index in [-0.39, 0.29) is 11.2 Å². The van der Waals surface area contributed by atoms with Crippen LogP contribution in [0.15, 0.2) is 24.3 Å². The highest BCUT2D eigenvalue weighted by Gasteiger charge is 2.43. The molecule has 1 nitrogen and oxygen atoms in total. The van der Waals surface area contributed by atoms with Crippen LogP contribution >= 0.6 is 0 Å². The van der Waals surface area contributed by atoms with Crippen molar-refractivity contribution in [3.8, 4) is 0 Å². The van der Waals surface area contributed by atoms with Gasteiger partial charge in [0.05, 0.1) is 0 Å². The Morgan fingerprint density at radius 3 is 2.44 bits per heavy atom. The van der Waals surface area contributed by atoms with E-state index in [2.05, 4.69) is 12.2 Å². The summed E-state index contributed by atoms with van der Waals surface area (Å²) in [5.74, 6) is 0.702. The van der Waals surface area contributed by atoms with Gasteiger partial charge in [-0.1, -0.05) is 25.5 Å². The number of rotatable bonds is 4. The number of likely N-dealkylation sites (N-methyl/N-ethyl adjacent to an activating group) is 1. The van der Waals surface area contributed by atoms with Gasteiger partial charge in [0.1, 0.15) is 5.82 Å². The summed E-state index contributed by atoms with van der Waals surface area (Å²) in [5.41, 5.74) is 1.54. The van der Waals surface area contributed by atoms with E-state index in [9.17, 15) is 4.39 Å². The van der Waals surface area contributed by atoms with Crippen molar-refractivity contribution < 1.29 is 4.39 Å². The molecule has 0 heterocycles. The molecule has 0 atom stereocenters. The van der Waals surface area contributed by atoms with Crippen LogP contribution in [0.3, 0.4) is 0 Å². The Bertz CT molecular complexity index is 338. The number of nitrogens with one attached hydrogen (secondary N) is 1. The van der Waals surface area contributed by atoms with Gasteiger partial charge in [0.2, 0.25) is 0 Å². The van der Waals surface area contributed by atoms with E-state index in [1.165, 1.54) is 24.8 Å². The second-order valence-electron chi connectivity index (χ2n) is 5.00. The average Bonchev–Trinajstić information content (AvgIpc) is 2.24. The van der Waals surface area contributed by atoms with Crippen molar-refractivity contribution in [2.75, 3.05) is 13.6 Å². The highest BCUT2D eigenvalue weighted by molar-refractivity contribution is 5.30. The van der Waals surface area contributed by atoms with Gasteiger partial charge in [-0.05, 0) is 43.5 Å². The van der Waals surface area contributed by atoms with Crippen molar-refractivity contribution in [1.82, 2.24) is 5.32 Å². The first-order chi connectivity index (χ1) is 7.70. The molecule has 0 aliphatic heterocycles. The Kier molecular flexibility index (Phi) is 3.29.